The molecule has 88 valence electrons. The van der Waals surface area contributed by atoms with Crippen LogP contribution in [0.15, 0.2) is 30.6 Å². The Balaban J connectivity index is 2.17. The van der Waals surface area contributed by atoms with Gasteiger partial charge in [0.15, 0.2) is 5.69 Å². The number of hydrogen-bond donors (Lipinski definition) is 2. The number of rotatable bonds is 2. The predicted octanol–water partition coefficient (Wildman–Crippen LogP) is 1.39. The maximum Gasteiger partial charge on any atom is 0.278 e. The van der Waals surface area contributed by atoms with Gasteiger partial charge in [-0.2, -0.15) is 0 Å². The van der Waals surface area contributed by atoms with Crippen LogP contribution < -0.4 is 11.1 Å². The number of nitrogen functional groups attached to an aromatic ring is 1. The van der Waals surface area contributed by atoms with Gasteiger partial charge in [0.05, 0.1) is 6.33 Å². The zero-order valence-corrected chi connectivity index (χ0v) is 9.14. The molecule has 17 heavy (non-hydrogen) atoms. The van der Waals surface area contributed by atoms with Gasteiger partial charge in [-0.1, -0.05) is 0 Å². The standard InChI is InChI=1S/C11H11FN4O/c1-16-6-14-9(10(16)13)11(17)15-8-4-2-7(12)3-5-8/h2-6H,13H2,1H3,(H,15,17). The molecule has 3 N–H and O–H groups in total. The molecule has 1 amide bonds. The number of aryl methyl sites for hydroxylation is 1. The summed E-state index contributed by atoms with van der Waals surface area (Å²) in [7, 11) is 1.69. The molecule has 0 aliphatic carbocycles. The fourth-order valence-electron chi connectivity index (χ4n) is 1.34. The SMILES string of the molecule is Cn1cnc(C(=O)Nc2ccc(F)cc2)c1N. The fourth-order valence-corrected chi connectivity index (χ4v) is 1.34. The van der Waals surface area contributed by atoms with Crippen molar-refractivity contribution in [3.05, 3.63) is 42.1 Å². The second kappa shape index (κ2) is 4.25. The van der Waals surface area contributed by atoms with Gasteiger partial charge in [-0.15, -0.1) is 0 Å². The summed E-state index contributed by atoms with van der Waals surface area (Å²) in [6.45, 7) is 0. The highest BCUT2D eigenvalue weighted by Crippen LogP contribution is 2.13. The van der Waals surface area contributed by atoms with Crippen LogP contribution in [0, 0.1) is 5.82 Å². The summed E-state index contributed by atoms with van der Waals surface area (Å²) < 4.78 is 14.2. The smallest absolute Gasteiger partial charge is 0.278 e. The highest BCUT2D eigenvalue weighted by atomic mass is 19.1. The molecular formula is C11H11FN4O. The Morgan fingerprint density at radius 1 is 1.41 bits per heavy atom. The third-order valence-electron chi connectivity index (χ3n) is 2.30. The van der Waals surface area contributed by atoms with Crippen molar-refractivity contribution in [3.8, 4) is 0 Å². The van der Waals surface area contributed by atoms with Gasteiger partial charge in [-0.3, -0.25) is 4.79 Å². The number of amides is 1. The Morgan fingerprint density at radius 3 is 2.59 bits per heavy atom. The number of benzene rings is 1. The van der Waals surface area contributed by atoms with Gasteiger partial charge >= 0.3 is 0 Å². The summed E-state index contributed by atoms with van der Waals surface area (Å²) >= 11 is 0. The first-order valence-electron chi connectivity index (χ1n) is 4.91. The topological polar surface area (TPSA) is 72.9 Å². The quantitative estimate of drug-likeness (QED) is 0.824. The number of hydrogen-bond acceptors (Lipinski definition) is 3. The first-order chi connectivity index (χ1) is 8.08. The van der Waals surface area contributed by atoms with Gasteiger partial charge in [0.1, 0.15) is 11.6 Å². The van der Waals surface area contributed by atoms with E-state index in [4.69, 9.17) is 5.73 Å². The van der Waals surface area contributed by atoms with E-state index < -0.39 is 5.91 Å². The fraction of sp³-hybridized carbons (Fsp3) is 0.0909. The molecule has 2 rings (SSSR count). The molecule has 0 spiro atoms. The van der Waals surface area contributed by atoms with Crippen LogP contribution in [0.25, 0.3) is 0 Å². The van der Waals surface area contributed by atoms with E-state index in [-0.39, 0.29) is 17.3 Å². The van der Waals surface area contributed by atoms with Crippen molar-refractivity contribution in [2.24, 2.45) is 7.05 Å². The van der Waals surface area contributed by atoms with Crippen molar-refractivity contribution in [1.29, 1.82) is 0 Å². The van der Waals surface area contributed by atoms with Gasteiger partial charge in [0.25, 0.3) is 5.91 Å². The molecule has 0 saturated heterocycles. The van der Waals surface area contributed by atoms with E-state index in [1.165, 1.54) is 30.6 Å². The van der Waals surface area contributed by atoms with E-state index in [2.05, 4.69) is 10.3 Å². The second-order valence-corrected chi connectivity index (χ2v) is 3.55. The number of aromatic nitrogens is 2. The van der Waals surface area contributed by atoms with E-state index in [1.54, 1.807) is 11.6 Å². The number of imidazole rings is 1. The molecule has 6 heteroatoms. The Kier molecular flexibility index (Phi) is 2.78. The molecular weight excluding hydrogens is 223 g/mol. The lowest BCUT2D eigenvalue weighted by molar-refractivity contribution is 0.102. The Labute approximate surface area is 97.1 Å². The van der Waals surface area contributed by atoms with Crippen molar-refractivity contribution in [1.82, 2.24) is 9.55 Å². The Hall–Kier alpha value is -2.37. The number of carbonyl (C=O) groups is 1. The number of nitrogens with two attached hydrogens (primary N) is 1. The first kappa shape index (κ1) is 11.1. The third-order valence-corrected chi connectivity index (χ3v) is 2.30. The summed E-state index contributed by atoms with van der Waals surface area (Å²) in [5.74, 6) is -0.500. The third kappa shape index (κ3) is 2.25. The number of halogens is 1. The maximum absolute atomic E-state index is 12.7. The second-order valence-electron chi connectivity index (χ2n) is 3.55. The van der Waals surface area contributed by atoms with Gasteiger partial charge in [-0.25, -0.2) is 9.37 Å². The van der Waals surface area contributed by atoms with Crippen LogP contribution >= 0.6 is 0 Å². The van der Waals surface area contributed by atoms with Gasteiger partial charge in [0, 0.05) is 12.7 Å². The van der Waals surface area contributed by atoms with Crippen molar-refractivity contribution >= 4 is 17.4 Å². The van der Waals surface area contributed by atoms with Crippen LogP contribution in [0.3, 0.4) is 0 Å². The minimum atomic E-state index is -0.422. The molecule has 0 aliphatic heterocycles. The van der Waals surface area contributed by atoms with E-state index in [0.717, 1.165) is 0 Å². The molecule has 0 radical (unpaired) electrons. The lowest BCUT2D eigenvalue weighted by Crippen LogP contribution is -2.14. The zero-order chi connectivity index (χ0) is 12.4. The molecule has 0 atom stereocenters. The minimum Gasteiger partial charge on any atom is -0.383 e. The number of nitrogens with one attached hydrogen (secondary N) is 1. The normalized spacial score (nSPS) is 10.2. The lowest BCUT2D eigenvalue weighted by Gasteiger charge is -2.03. The monoisotopic (exact) mass is 234 g/mol. The van der Waals surface area contributed by atoms with Crippen molar-refractivity contribution in [2.45, 2.75) is 0 Å². The summed E-state index contributed by atoms with van der Waals surface area (Å²) in [6.07, 6.45) is 1.45. The summed E-state index contributed by atoms with van der Waals surface area (Å²) in [4.78, 5) is 15.7. The lowest BCUT2D eigenvalue weighted by atomic mass is 10.3. The molecule has 0 fully saturated rings. The molecule has 0 saturated carbocycles. The predicted molar refractivity (Wildman–Crippen MR) is 62.0 cm³/mol. The molecule has 0 unspecified atom stereocenters. The van der Waals surface area contributed by atoms with Crippen LogP contribution in [0.1, 0.15) is 10.5 Å². The number of carbonyl (C=O) groups excluding carboxylic acids is 1. The van der Waals surface area contributed by atoms with Crippen molar-refractivity contribution in [2.75, 3.05) is 11.1 Å². The molecule has 2 aromatic rings. The van der Waals surface area contributed by atoms with E-state index in [1.807, 2.05) is 0 Å². The van der Waals surface area contributed by atoms with Gasteiger partial charge in [-0.05, 0) is 24.3 Å². The van der Waals surface area contributed by atoms with Crippen LogP contribution in [0.4, 0.5) is 15.9 Å². The highest BCUT2D eigenvalue weighted by molar-refractivity contribution is 6.05. The molecule has 1 heterocycles. The van der Waals surface area contributed by atoms with Crippen LogP contribution in [-0.4, -0.2) is 15.5 Å². The zero-order valence-electron chi connectivity index (χ0n) is 9.14. The Morgan fingerprint density at radius 2 is 2.06 bits per heavy atom. The first-order valence-corrected chi connectivity index (χ1v) is 4.91. The average molecular weight is 234 g/mol. The van der Waals surface area contributed by atoms with Gasteiger partial charge in [0.2, 0.25) is 0 Å². The number of nitrogens with zero attached hydrogens (tertiary/aromatic N) is 2. The maximum atomic E-state index is 12.7. The average Bonchev–Trinajstić information content (AvgIpc) is 2.63. The summed E-state index contributed by atoms with van der Waals surface area (Å²) in [5.41, 5.74) is 6.30. The van der Waals surface area contributed by atoms with E-state index in [9.17, 15) is 9.18 Å². The summed E-state index contributed by atoms with van der Waals surface area (Å²) in [5, 5.41) is 2.58. The van der Waals surface area contributed by atoms with Crippen molar-refractivity contribution in [3.63, 3.8) is 0 Å². The largest absolute Gasteiger partial charge is 0.383 e. The van der Waals surface area contributed by atoms with Crippen LogP contribution in [0.2, 0.25) is 0 Å². The van der Waals surface area contributed by atoms with Crippen molar-refractivity contribution < 1.29 is 9.18 Å². The molecule has 0 bridgehead atoms. The molecule has 1 aromatic heterocycles. The van der Waals surface area contributed by atoms with E-state index in [0.29, 0.717) is 5.69 Å². The summed E-state index contributed by atoms with van der Waals surface area (Å²) in [6, 6.07) is 5.45. The highest BCUT2D eigenvalue weighted by Gasteiger charge is 2.14. The minimum absolute atomic E-state index is 0.150. The van der Waals surface area contributed by atoms with E-state index >= 15 is 0 Å². The Bertz CT molecular complexity index is 547. The molecule has 1 aromatic carbocycles. The molecule has 5 nitrogen and oxygen atoms in total. The van der Waals surface area contributed by atoms with Crippen LogP contribution in [0.5, 0.6) is 0 Å². The van der Waals surface area contributed by atoms with Gasteiger partial charge < -0.3 is 15.6 Å². The number of anilines is 2. The van der Waals surface area contributed by atoms with Crippen LogP contribution in [-0.2, 0) is 7.05 Å². The molecule has 0 aliphatic rings.